The quantitative estimate of drug-likeness (QED) is 0.623. The lowest BCUT2D eigenvalue weighted by Gasteiger charge is -2.26. The maximum Gasteiger partial charge on any atom is 0.326 e. The topological polar surface area (TPSA) is 74.7 Å². The smallest absolute Gasteiger partial charge is 0.326 e. The lowest BCUT2D eigenvalue weighted by molar-refractivity contribution is -0.149. The van der Waals surface area contributed by atoms with E-state index >= 15 is 0 Å². The van der Waals surface area contributed by atoms with Gasteiger partial charge in [0, 0.05) is 12.1 Å². The second-order valence-electron chi connectivity index (χ2n) is 5.59. The second kappa shape index (κ2) is 7.21. The molecule has 23 heavy (non-hydrogen) atoms. The Hall–Kier alpha value is -1.76. The van der Waals surface area contributed by atoms with Crippen LogP contribution in [-0.4, -0.2) is 45.1 Å². The van der Waals surface area contributed by atoms with Gasteiger partial charge in [-0.05, 0) is 25.0 Å². The van der Waals surface area contributed by atoms with Crippen LogP contribution >= 0.6 is 15.9 Å². The summed E-state index contributed by atoms with van der Waals surface area (Å²) in [6.07, 6.45) is 1.04. The van der Waals surface area contributed by atoms with Gasteiger partial charge >= 0.3 is 5.97 Å². The van der Waals surface area contributed by atoms with E-state index in [1.807, 2.05) is 0 Å². The number of amides is 1. The number of nitrogens with zero attached hydrogens (tertiary/aromatic N) is 1. The van der Waals surface area contributed by atoms with E-state index in [0.29, 0.717) is 19.4 Å². The van der Waals surface area contributed by atoms with Crippen LogP contribution in [0.15, 0.2) is 24.3 Å². The summed E-state index contributed by atoms with van der Waals surface area (Å²) in [7, 11) is 0. The third-order valence-corrected chi connectivity index (χ3v) is 5.22. The number of carbonyl (C=O) groups is 3. The summed E-state index contributed by atoms with van der Waals surface area (Å²) in [4.78, 5) is 36.5. The molecule has 1 amide bonds. The van der Waals surface area contributed by atoms with E-state index in [1.54, 1.807) is 6.92 Å². The number of halogens is 2. The van der Waals surface area contributed by atoms with Crippen molar-refractivity contribution in [1.29, 1.82) is 0 Å². The zero-order valence-corrected chi connectivity index (χ0v) is 14.1. The molecule has 1 aromatic rings. The molecule has 1 N–H and O–H groups in total. The van der Waals surface area contributed by atoms with Crippen molar-refractivity contribution < 1.29 is 23.9 Å². The number of alkyl halides is 1. The van der Waals surface area contributed by atoms with Gasteiger partial charge in [0.05, 0.1) is 10.7 Å². The van der Waals surface area contributed by atoms with Gasteiger partial charge in [-0.15, -0.1) is 0 Å². The van der Waals surface area contributed by atoms with Crippen LogP contribution in [0.3, 0.4) is 0 Å². The lowest BCUT2D eigenvalue weighted by atomic mass is 9.98. The molecule has 1 aromatic carbocycles. The molecule has 124 valence electrons. The van der Waals surface area contributed by atoms with Gasteiger partial charge in [-0.25, -0.2) is 9.18 Å². The summed E-state index contributed by atoms with van der Waals surface area (Å²) >= 11 is 3.21. The number of ketones is 1. The zero-order chi connectivity index (χ0) is 17.1. The third kappa shape index (κ3) is 3.77. The minimum absolute atomic E-state index is 0.169. The minimum atomic E-state index is -1.04. The van der Waals surface area contributed by atoms with Crippen LogP contribution in [0.4, 0.5) is 4.39 Å². The van der Waals surface area contributed by atoms with Crippen LogP contribution in [0.25, 0.3) is 0 Å². The monoisotopic (exact) mass is 385 g/mol. The Morgan fingerprint density at radius 2 is 2.09 bits per heavy atom. The van der Waals surface area contributed by atoms with Crippen molar-refractivity contribution in [2.45, 2.75) is 30.6 Å². The first-order valence-electron chi connectivity index (χ1n) is 7.30. The molecule has 3 atom stereocenters. The number of aliphatic carboxylic acids is 1. The number of likely N-dealkylation sites (tertiary alicyclic amines) is 1. The van der Waals surface area contributed by atoms with Gasteiger partial charge in [0.25, 0.3) is 0 Å². The van der Waals surface area contributed by atoms with E-state index in [-0.39, 0.29) is 11.5 Å². The Morgan fingerprint density at radius 3 is 2.70 bits per heavy atom. The fourth-order valence-corrected chi connectivity index (χ4v) is 3.19. The number of carboxylic acid groups (broad SMARTS) is 1. The first kappa shape index (κ1) is 17.6. The van der Waals surface area contributed by atoms with Crippen LogP contribution in [-0.2, 0) is 9.59 Å². The van der Waals surface area contributed by atoms with E-state index in [9.17, 15) is 18.8 Å². The highest BCUT2D eigenvalue weighted by molar-refractivity contribution is 9.10. The van der Waals surface area contributed by atoms with Gasteiger partial charge in [-0.1, -0.05) is 35.0 Å². The molecule has 1 heterocycles. The fraction of sp³-hybridized carbons (Fsp3) is 0.438. The van der Waals surface area contributed by atoms with Gasteiger partial charge in [0.2, 0.25) is 5.91 Å². The largest absolute Gasteiger partial charge is 0.480 e. The normalized spacial score (nSPS) is 20.1. The van der Waals surface area contributed by atoms with Crippen molar-refractivity contribution in [3.05, 3.63) is 35.6 Å². The molecule has 2 unspecified atom stereocenters. The van der Waals surface area contributed by atoms with Crippen molar-refractivity contribution >= 4 is 33.6 Å². The molecule has 0 radical (unpaired) electrons. The van der Waals surface area contributed by atoms with E-state index in [0.717, 1.165) is 6.07 Å². The average Bonchev–Trinajstić information content (AvgIpc) is 3.01. The van der Waals surface area contributed by atoms with Gasteiger partial charge in [-0.2, -0.15) is 0 Å². The molecule has 2 rings (SSSR count). The Balaban J connectivity index is 2.12. The van der Waals surface area contributed by atoms with E-state index in [1.165, 1.54) is 23.1 Å². The third-order valence-electron chi connectivity index (χ3n) is 4.01. The SMILES string of the molecule is CC(C(=O)N1CCC[C@H]1C(=O)O)C(Br)C(=O)c1cccc(F)c1. The zero-order valence-electron chi connectivity index (χ0n) is 12.5. The highest BCUT2D eigenvalue weighted by Crippen LogP contribution is 2.25. The van der Waals surface area contributed by atoms with Gasteiger partial charge in [-0.3, -0.25) is 9.59 Å². The summed E-state index contributed by atoms with van der Waals surface area (Å²) in [6.45, 7) is 1.93. The number of hydrogen-bond donors (Lipinski definition) is 1. The van der Waals surface area contributed by atoms with E-state index < -0.39 is 34.4 Å². The molecule has 1 aliphatic rings. The van der Waals surface area contributed by atoms with E-state index in [2.05, 4.69) is 15.9 Å². The number of carboxylic acids is 1. The maximum atomic E-state index is 13.2. The summed E-state index contributed by atoms with van der Waals surface area (Å²) in [5.41, 5.74) is 0.169. The van der Waals surface area contributed by atoms with Crippen LogP contribution in [0, 0.1) is 11.7 Å². The lowest BCUT2D eigenvalue weighted by Crippen LogP contribution is -2.45. The molecule has 1 fully saturated rings. The van der Waals surface area contributed by atoms with Crippen molar-refractivity contribution in [1.82, 2.24) is 4.90 Å². The van der Waals surface area contributed by atoms with Crippen LogP contribution in [0.1, 0.15) is 30.1 Å². The molecule has 0 aromatic heterocycles. The van der Waals surface area contributed by atoms with E-state index in [4.69, 9.17) is 5.11 Å². The predicted octanol–water partition coefficient (Wildman–Crippen LogP) is 2.48. The molecular weight excluding hydrogens is 369 g/mol. The molecule has 0 spiro atoms. The van der Waals surface area contributed by atoms with Crippen molar-refractivity contribution in [3.63, 3.8) is 0 Å². The first-order valence-corrected chi connectivity index (χ1v) is 8.21. The van der Waals surface area contributed by atoms with Crippen molar-refractivity contribution in [2.24, 2.45) is 5.92 Å². The molecule has 1 aliphatic heterocycles. The molecule has 0 bridgehead atoms. The summed E-state index contributed by atoms with van der Waals surface area (Å²) in [5, 5.41) is 9.16. The molecule has 0 saturated carbocycles. The molecule has 0 aliphatic carbocycles. The summed E-state index contributed by atoms with van der Waals surface area (Å²) in [5.74, 6) is -3.10. The van der Waals surface area contributed by atoms with Crippen LogP contribution in [0.5, 0.6) is 0 Å². The van der Waals surface area contributed by atoms with Gasteiger partial charge in [0.15, 0.2) is 5.78 Å². The first-order chi connectivity index (χ1) is 10.8. The predicted molar refractivity (Wildman–Crippen MR) is 85.0 cm³/mol. The molecular formula is C16H17BrFNO4. The summed E-state index contributed by atoms with van der Waals surface area (Å²) in [6, 6.07) is 4.41. The summed E-state index contributed by atoms with van der Waals surface area (Å²) < 4.78 is 13.2. The number of carbonyl (C=O) groups excluding carboxylic acids is 2. The molecule has 7 heteroatoms. The second-order valence-corrected chi connectivity index (χ2v) is 6.58. The Bertz CT molecular complexity index is 636. The number of benzene rings is 1. The highest BCUT2D eigenvalue weighted by Gasteiger charge is 2.39. The molecule has 1 saturated heterocycles. The number of hydrogen-bond acceptors (Lipinski definition) is 3. The minimum Gasteiger partial charge on any atom is -0.480 e. The van der Waals surface area contributed by atoms with Crippen LogP contribution in [0.2, 0.25) is 0 Å². The number of rotatable bonds is 5. The number of Topliss-reactive ketones (excluding diaryl/α,β-unsaturated/α-hetero) is 1. The fourth-order valence-electron chi connectivity index (χ4n) is 2.70. The maximum absolute atomic E-state index is 13.2. The van der Waals surface area contributed by atoms with Crippen LogP contribution < -0.4 is 0 Å². The van der Waals surface area contributed by atoms with Crippen molar-refractivity contribution in [2.75, 3.05) is 6.54 Å². The Labute approximate surface area is 141 Å². The van der Waals surface area contributed by atoms with Gasteiger partial charge < -0.3 is 10.0 Å². The average molecular weight is 386 g/mol. The Kier molecular flexibility index (Phi) is 5.51. The van der Waals surface area contributed by atoms with Crippen molar-refractivity contribution in [3.8, 4) is 0 Å². The standard InChI is InChI=1S/C16H17BrFNO4/c1-9(15(21)19-7-3-6-12(19)16(22)23)13(17)14(20)10-4-2-5-11(18)8-10/h2,4-5,8-9,12-13H,3,6-7H2,1H3,(H,22,23)/t9?,12-,13?/m0/s1. The Morgan fingerprint density at radius 1 is 1.39 bits per heavy atom. The molecule has 5 nitrogen and oxygen atoms in total. The van der Waals surface area contributed by atoms with Gasteiger partial charge in [0.1, 0.15) is 11.9 Å². The highest BCUT2D eigenvalue weighted by atomic mass is 79.9.